The van der Waals surface area contributed by atoms with Gasteiger partial charge in [0.2, 0.25) is 15.9 Å². The standard InChI is InChI=1S/C12H25N3O3S/c1-3-11-19(17,18)15-9-7-14(8-10-15)12(16)5-4-6-13-2/h13H,3-11H2,1-2H3. The summed E-state index contributed by atoms with van der Waals surface area (Å²) in [4.78, 5) is 13.7. The van der Waals surface area contributed by atoms with Gasteiger partial charge in [-0.15, -0.1) is 0 Å². The maximum absolute atomic E-state index is 11.9. The molecule has 7 heteroatoms. The van der Waals surface area contributed by atoms with Crippen LogP contribution in [-0.2, 0) is 14.8 Å². The Morgan fingerprint density at radius 3 is 2.37 bits per heavy atom. The van der Waals surface area contributed by atoms with Crippen LogP contribution in [0.5, 0.6) is 0 Å². The molecule has 1 heterocycles. The van der Waals surface area contributed by atoms with Gasteiger partial charge >= 0.3 is 0 Å². The number of sulfonamides is 1. The summed E-state index contributed by atoms with van der Waals surface area (Å²) in [6.07, 6.45) is 1.98. The van der Waals surface area contributed by atoms with Crippen LogP contribution in [-0.4, -0.2) is 69.1 Å². The van der Waals surface area contributed by atoms with Gasteiger partial charge in [0.15, 0.2) is 0 Å². The van der Waals surface area contributed by atoms with Gasteiger partial charge < -0.3 is 10.2 Å². The molecule has 6 nitrogen and oxygen atoms in total. The summed E-state index contributed by atoms with van der Waals surface area (Å²) in [5.74, 6) is 0.325. The molecule has 0 aromatic carbocycles. The first-order chi connectivity index (χ1) is 9.01. The van der Waals surface area contributed by atoms with Crippen LogP contribution in [0.2, 0.25) is 0 Å². The van der Waals surface area contributed by atoms with Crippen molar-refractivity contribution in [3.05, 3.63) is 0 Å². The molecular formula is C12H25N3O3S. The van der Waals surface area contributed by atoms with Crippen LogP contribution in [0, 0.1) is 0 Å². The lowest BCUT2D eigenvalue weighted by Crippen LogP contribution is -2.51. The van der Waals surface area contributed by atoms with E-state index in [0.717, 1.165) is 13.0 Å². The highest BCUT2D eigenvalue weighted by Gasteiger charge is 2.27. The third-order valence-electron chi connectivity index (χ3n) is 3.26. The molecule has 0 atom stereocenters. The zero-order valence-electron chi connectivity index (χ0n) is 11.9. The van der Waals surface area contributed by atoms with E-state index >= 15 is 0 Å². The number of hydrogen-bond donors (Lipinski definition) is 1. The second-order valence-electron chi connectivity index (χ2n) is 4.80. The molecule has 0 unspecified atom stereocenters. The fourth-order valence-electron chi connectivity index (χ4n) is 2.18. The maximum atomic E-state index is 11.9. The summed E-state index contributed by atoms with van der Waals surface area (Å²) < 4.78 is 25.3. The van der Waals surface area contributed by atoms with Crippen LogP contribution in [0.4, 0.5) is 0 Å². The number of carbonyl (C=O) groups is 1. The van der Waals surface area contributed by atoms with Gasteiger partial charge in [-0.2, -0.15) is 4.31 Å². The van der Waals surface area contributed by atoms with Crippen LogP contribution in [0.25, 0.3) is 0 Å². The van der Waals surface area contributed by atoms with E-state index in [1.807, 2.05) is 14.0 Å². The Hall–Kier alpha value is -0.660. The first kappa shape index (κ1) is 16.4. The Morgan fingerprint density at radius 2 is 1.84 bits per heavy atom. The Morgan fingerprint density at radius 1 is 1.21 bits per heavy atom. The van der Waals surface area contributed by atoms with Crippen molar-refractivity contribution < 1.29 is 13.2 Å². The van der Waals surface area contributed by atoms with Crippen molar-refractivity contribution in [2.24, 2.45) is 0 Å². The van der Waals surface area contributed by atoms with Gasteiger partial charge in [-0.3, -0.25) is 4.79 Å². The number of nitrogens with one attached hydrogen (secondary N) is 1. The Bertz CT molecular complexity index is 376. The fraction of sp³-hybridized carbons (Fsp3) is 0.917. The summed E-state index contributed by atoms with van der Waals surface area (Å²) in [6, 6.07) is 0. The molecule has 0 spiro atoms. The molecule has 1 aliphatic rings. The van der Waals surface area contributed by atoms with Gasteiger partial charge in [-0.25, -0.2) is 8.42 Å². The van der Waals surface area contributed by atoms with Crippen molar-refractivity contribution in [3.8, 4) is 0 Å². The highest BCUT2D eigenvalue weighted by Crippen LogP contribution is 2.10. The molecule has 1 fully saturated rings. The second kappa shape index (κ2) is 7.81. The highest BCUT2D eigenvalue weighted by molar-refractivity contribution is 7.89. The molecule has 0 aliphatic carbocycles. The summed E-state index contributed by atoms with van der Waals surface area (Å²) in [6.45, 7) is 4.58. The predicted molar refractivity (Wildman–Crippen MR) is 75.4 cm³/mol. The highest BCUT2D eigenvalue weighted by atomic mass is 32.2. The number of carbonyl (C=O) groups excluding carboxylic acids is 1. The molecule has 0 saturated carbocycles. The Kier molecular flexibility index (Phi) is 6.74. The monoisotopic (exact) mass is 291 g/mol. The van der Waals surface area contributed by atoms with Gasteiger partial charge in [0.05, 0.1) is 5.75 Å². The molecule has 1 aliphatic heterocycles. The number of rotatable bonds is 7. The molecule has 1 rings (SSSR count). The first-order valence-electron chi connectivity index (χ1n) is 6.91. The minimum atomic E-state index is -3.12. The average molecular weight is 291 g/mol. The van der Waals surface area contributed by atoms with Gasteiger partial charge in [-0.1, -0.05) is 6.92 Å². The summed E-state index contributed by atoms with van der Waals surface area (Å²) >= 11 is 0. The topological polar surface area (TPSA) is 69.7 Å². The second-order valence-corrected chi connectivity index (χ2v) is 6.89. The van der Waals surface area contributed by atoms with Gasteiger partial charge in [0.25, 0.3) is 0 Å². The lowest BCUT2D eigenvalue weighted by atomic mass is 10.2. The smallest absolute Gasteiger partial charge is 0.222 e. The minimum Gasteiger partial charge on any atom is -0.340 e. The normalized spacial score (nSPS) is 17.7. The SMILES string of the molecule is CCCS(=O)(=O)N1CCN(C(=O)CCCNC)CC1. The number of nitrogens with zero attached hydrogens (tertiary/aromatic N) is 2. The van der Waals surface area contributed by atoms with E-state index in [-0.39, 0.29) is 11.7 Å². The molecule has 112 valence electrons. The maximum Gasteiger partial charge on any atom is 0.222 e. The fourth-order valence-corrected chi connectivity index (χ4v) is 3.67. The lowest BCUT2D eigenvalue weighted by molar-refractivity contribution is -0.132. The van der Waals surface area contributed by atoms with Crippen molar-refractivity contribution >= 4 is 15.9 Å². The lowest BCUT2D eigenvalue weighted by Gasteiger charge is -2.34. The molecule has 0 radical (unpaired) electrons. The van der Waals surface area contributed by atoms with Gasteiger partial charge in [0, 0.05) is 32.6 Å². The summed E-state index contributed by atoms with van der Waals surface area (Å²) in [7, 11) is -1.26. The Balaban J connectivity index is 2.38. The average Bonchev–Trinajstić information content (AvgIpc) is 2.39. The zero-order valence-corrected chi connectivity index (χ0v) is 12.7. The van der Waals surface area contributed by atoms with Crippen molar-refractivity contribution in [1.82, 2.24) is 14.5 Å². The van der Waals surface area contributed by atoms with E-state index in [0.29, 0.717) is 39.0 Å². The van der Waals surface area contributed by atoms with Gasteiger partial charge in [0.1, 0.15) is 0 Å². The van der Waals surface area contributed by atoms with Crippen molar-refractivity contribution in [2.75, 3.05) is 45.5 Å². The molecule has 0 aromatic heterocycles. The van der Waals surface area contributed by atoms with E-state index in [2.05, 4.69) is 5.32 Å². The van der Waals surface area contributed by atoms with E-state index in [4.69, 9.17) is 0 Å². The first-order valence-corrected chi connectivity index (χ1v) is 8.52. The third-order valence-corrected chi connectivity index (χ3v) is 5.34. The van der Waals surface area contributed by atoms with Crippen molar-refractivity contribution in [1.29, 1.82) is 0 Å². The molecule has 1 N–H and O–H groups in total. The van der Waals surface area contributed by atoms with E-state index in [9.17, 15) is 13.2 Å². The van der Waals surface area contributed by atoms with Crippen LogP contribution in [0.3, 0.4) is 0 Å². The zero-order chi connectivity index (χ0) is 14.3. The largest absolute Gasteiger partial charge is 0.340 e. The van der Waals surface area contributed by atoms with E-state index in [1.54, 1.807) is 4.90 Å². The quantitative estimate of drug-likeness (QED) is 0.663. The minimum absolute atomic E-state index is 0.128. The predicted octanol–water partition coefficient (Wildman–Crippen LogP) is -0.130. The van der Waals surface area contributed by atoms with E-state index < -0.39 is 10.0 Å². The number of piperazine rings is 1. The molecule has 1 amide bonds. The number of amides is 1. The van der Waals surface area contributed by atoms with E-state index in [1.165, 1.54) is 4.31 Å². The summed E-state index contributed by atoms with van der Waals surface area (Å²) in [5.41, 5.74) is 0. The third kappa shape index (κ3) is 5.08. The summed E-state index contributed by atoms with van der Waals surface area (Å²) in [5, 5.41) is 3.01. The van der Waals surface area contributed by atoms with Crippen LogP contribution in [0.1, 0.15) is 26.2 Å². The Labute approximate surface area is 116 Å². The van der Waals surface area contributed by atoms with Crippen LogP contribution >= 0.6 is 0 Å². The molecular weight excluding hydrogens is 266 g/mol. The van der Waals surface area contributed by atoms with Crippen molar-refractivity contribution in [3.63, 3.8) is 0 Å². The molecule has 0 aromatic rings. The van der Waals surface area contributed by atoms with Gasteiger partial charge in [-0.05, 0) is 26.4 Å². The molecule has 19 heavy (non-hydrogen) atoms. The molecule has 1 saturated heterocycles. The van der Waals surface area contributed by atoms with Crippen LogP contribution < -0.4 is 5.32 Å². The molecule has 0 bridgehead atoms. The van der Waals surface area contributed by atoms with Crippen LogP contribution in [0.15, 0.2) is 0 Å². The number of hydrogen-bond acceptors (Lipinski definition) is 4. The van der Waals surface area contributed by atoms with Crippen molar-refractivity contribution in [2.45, 2.75) is 26.2 Å².